The standard InChI is InChI=1S/C18H15Cl2N3O2/c1-18(2,16(24)22-12-7-8-13(19)14(20)9-12)17(25)23-15-6-4-3-5-11(15)10-21/h3-9H,1-2H3,(H,22,24)(H,23,25). The lowest BCUT2D eigenvalue weighted by Gasteiger charge is -2.23. The second kappa shape index (κ2) is 7.56. The van der Waals surface area contributed by atoms with Gasteiger partial charge in [0.15, 0.2) is 0 Å². The van der Waals surface area contributed by atoms with E-state index in [0.29, 0.717) is 27.0 Å². The van der Waals surface area contributed by atoms with Crippen LogP contribution in [0.5, 0.6) is 0 Å². The SMILES string of the molecule is CC(C)(C(=O)Nc1ccc(Cl)c(Cl)c1)C(=O)Nc1ccccc1C#N. The fourth-order valence-electron chi connectivity index (χ4n) is 1.93. The van der Waals surface area contributed by atoms with Crippen LogP contribution in [-0.2, 0) is 9.59 Å². The minimum absolute atomic E-state index is 0.296. The predicted molar refractivity (Wildman–Crippen MR) is 98.7 cm³/mol. The Morgan fingerprint density at radius 3 is 2.28 bits per heavy atom. The number of benzene rings is 2. The van der Waals surface area contributed by atoms with Crippen molar-refractivity contribution in [2.24, 2.45) is 5.41 Å². The fourth-order valence-corrected chi connectivity index (χ4v) is 2.23. The summed E-state index contributed by atoms with van der Waals surface area (Å²) in [5.74, 6) is -1.05. The summed E-state index contributed by atoms with van der Waals surface area (Å²) >= 11 is 11.8. The Hall–Kier alpha value is -2.55. The number of amides is 2. The minimum atomic E-state index is -1.38. The first kappa shape index (κ1) is 18.8. The molecular weight excluding hydrogens is 361 g/mol. The Morgan fingerprint density at radius 1 is 1.00 bits per heavy atom. The Balaban J connectivity index is 2.16. The lowest BCUT2D eigenvalue weighted by atomic mass is 9.90. The molecule has 2 N–H and O–H groups in total. The van der Waals surface area contributed by atoms with E-state index in [9.17, 15) is 9.59 Å². The van der Waals surface area contributed by atoms with Gasteiger partial charge in [-0.15, -0.1) is 0 Å². The molecule has 0 saturated heterocycles. The molecule has 0 atom stereocenters. The molecule has 0 aliphatic rings. The van der Waals surface area contributed by atoms with E-state index in [0.717, 1.165) is 0 Å². The zero-order chi connectivity index (χ0) is 18.6. The van der Waals surface area contributed by atoms with Crippen molar-refractivity contribution in [3.8, 4) is 6.07 Å². The number of rotatable bonds is 4. The van der Waals surface area contributed by atoms with Gasteiger partial charge in [-0.25, -0.2) is 0 Å². The molecule has 0 saturated carbocycles. The van der Waals surface area contributed by atoms with Crippen LogP contribution in [0.25, 0.3) is 0 Å². The van der Waals surface area contributed by atoms with E-state index < -0.39 is 17.2 Å². The number of carbonyl (C=O) groups is 2. The number of nitrogens with one attached hydrogen (secondary N) is 2. The van der Waals surface area contributed by atoms with Crippen LogP contribution < -0.4 is 10.6 Å². The van der Waals surface area contributed by atoms with Crippen molar-refractivity contribution in [2.45, 2.75) is 13.8 Å². The lowest BCUT2D eigenvalue weighted by molar-refractivity contribution is -0.135. The van der Waals surface area contributed by atoms with Gasteiger partial charge in [-0.05, 0) is 44.2 Å². The molecule has 0 radical (unpaired) electrons. The van der Waals surface area contributed by atoms with Gasteiger partial charge >= 0.3 is 0 Å². The van der Waals surface area contributed by atoms with Crippen LogP contribution in [-0.4, -0.2) is 11.8 Å². The molecule has 7 heteroatoms. The van der Waals surface area contributed by atoms with Crippen molar-refractivity contribution in [3.05, 3.63) is 58.1 Å². The Labute approximate surface area is 155 Å². The highest BCUT2D eigenvalue weighted by atomic mass is 35.5. The molecule has 2 aromatic rings. The van der Waals surface area contributed by atoms with Crippen LogP contribution in [0.1, 0.15) is 19.4 Å². The quantitative estimate of drug-likeness (QED) is 0.773. The molecule has 5 nitrogen and oxygen atoms in total. The first-order valence-corrected chi connectivity index (χ1v) is 8.08. The second-order valence-corrected chi connectivity index (χ2v) is 6.63. The van der Waals surface area contributed by atoms with Gasteiger partial charge in [0.2, 0.25) is 11.8 Å². The smallest absolute Gasteiger partial charge is 0.239 e. The number of halogens is 2. The molecule has 2 rings (SSSR count). The largest absolute Gasteiger partial charge is 0.325 e. The predicted octanol–water partition coefficient (Wildman–Crippen LogP) is 4.47. The maximum Gasteiger partial charge on any atom is 0.239 e. The summed E-state index contributed by atoms with van der Waals surface area (Å²) in [6, 6.07) is 13.2. The average Bonchev–Trinajstić information content (AvgIpc) is 2.58. The number of para-hydroxylation sites is 1. The molecule has 0 fully saturated rings. The topological polar surface area (TPSA) is 82.0 Å². The maximum atomic E-state index is 12.5. The highest BCUT2D eigenvalue weighted by Gasteiger charge is 2.36. The number of hydrogen-bond acceptors (Lipinski definition) is 3. The molecule has 0 aliphatic heterocycles. The average molecular weight is 376 g/mol. The van der Waals surface area contributed by atoms with Gasteiger partial charge in [0.05, 0.1) is 21.3 Å². The number of hydrogen-bond donors (Lipinski definition) is 2. The van der Waals surface area contributed by atoms with Gasteiger partial charge in [0, 0.05) is 5.69 Å². The number of carbonyl (C=O) groups excluding carboxylic acids is 2. The number of nitrogens with zero attached hydrogens (tertiary/aromatic N) is 1. The number of nitriles is 1. The monoisotopic (exact) mass is 375 g/mol. The fraction of sp³-hybridized carbons (Fsp3) is 0.167. The van der Waals surface area contributed by atoms with Gasteiger partial charge in [-0.1, -0.05) is 35.3 Å². The van der Waals surface area contributed by atoms with Crippen molar-refractivity contribution >= 4 is 46.4 Å². The zero-order valence-corrected chi connectivity index (χ0v) is 15.1. The van der Waals surface area contributed by atoms with Gasteiger partial charge in [0.25, 0.3) is 0 Å². The Bertz CT molecular complexity index is 873. The molecule has 0 unspecified atom stereocenters. The minimum Gasteiger partial charge on any atom is -0.325 e. The van der Waals surface area contributed by atoms with Gasteiger partial charge in [-0.3, -0.25) is 9.59 Å². The molecule has 25 heavy (non-hydrogen) atoms. The van der Waals surface area contributed by atoms with Crippen molar-refractivity contribution < 1.29 is 9.59 Å². The summed E-state index contributed by atoms with van der Waals surface area (Å²) in [5, 5.41) is 15.0. The van der Waals surface area contributed by atoms with Crippen molar-refractivity contribution in [1.29, 1.82) is 5.26 Å². The van der Waals surface area contributed by atoms with E-state index in [1.807, 2.05) is 6.07 Å². The maximum absolute atomic E-state index is 12.5. The summed E-state index contributed by atoms with van der Waals surface area (Å²) < 4.78 is 0. The Morgan fingerprint density at radius 2 is 1.64 bits per heavy atom. The van der Waals surface area contributed by atoms with E-state index in [2.05, 4.69) is 10.6 Å². The summed E-state index contributed by atoms with van der Waals surface area (Å²) in [6.45, 7) is 2.98. The highest BCUT2D eigenvalue weighted by molar-refractivity contribution is 6.42. The summed E-state index contributed by atoms with van der Waals surface area (Å²) in [5.41, 5.74) is -0.283. The van der Waals surface area contributed by atoms with E-state index >= 15 is 0 Å². The Kier molecular flexibility index (Phi) is 5.68. The van der Waals surface area contributed by atoms with E-state index in [1.165, 1.54) is 19.9 Å². The van der Waals surface area contributed by atoms with Gasteiger partial charge < -0.3 is 10.6 Å². The third kappa shape index (κ3) is 4.30. The van der Waals surface area contributed by atoms with Crippen molar-refractivity contribution in [3.63, 3.8) is 0 Å². The summed E-state index contributed by atoms with van der Waals surface area (Å²) in [4.78, 5) is 25.0. The highest BCUT2D eigenvalue weighted by Crippen LogP contribution is 2.27. The molecule has 0 spiro atoms. The van der Waals surface area contributed by atoms with Crippen LogP contribution in [0.3, 0.4) is 0 Å². The lowest BCUT2D eigenvalue weighted by Crippen LogP contribution is -2.41. The van der Waals surface area contributed by atoms with E-state index in [1.54, 1.807) is 36.4 Å². The molecule has 0 aliphatic carbocycles. The third-order valence-electron chi connectivity index (χ3n) is 3.61. The summed E-state index contributed by atoms with van der Waals surface area (Å²) in [7, 11) is 0. The van der Waals surface area contributed by atoms with Gasteiger partial charge in [-0.2, -0.15) is 5.26 Å². The van der Waals surface area contributed by atoms with Crippen molar-refractivity contribution in [2.75, 3.05) is 10.6 Å². The molecule has 0 bridgehead atoms. The van der Waals surface area contributed by atoms with Crippen molar-refractivity contribution in [1.82, 2.24) is 0 Å². The molecule has 0 aromatic heterocycles. The molecule has 128 valence electrons. The third-order valence-corrected chi connectivity index (χ3v) is 4.35. The molecule has 2 amide bonds. The molecule has 2 aromatic carbocycles. The van der Waals surface area contributed by atoms with E-state index in [4.69, 9.17) is 28.5 Å². The first-order chi connectivity index (χ1) is 11.8. The second-order valence-electron chi connectivity index (χ2n) is 5.82. The normalized spacial score (nSPS) is 10.7. The van der Waals surface area contributed by atoms with E-state index in [-0.39, 0.29) is 0 Å². The van der Waals surface area contributed by atoms with Gasteiger partial charge in [0.1, 0.15) is 11.5 Å². The van der Waals surface area contributed by atoms with Crippen LogP contribution in [0.2, 0.25) is 10.0 Å². The van der Waals surface area contributed by atoms with Crippen LogP contribution in [0, 0.1) is 16.7 Å². The molecule has 0 heterocycles. The zero-order valence-electron chi connectivity index (χ0n) is 13.6. The van der Waals surface area contributed by atoms with Crippen LogP contribution in [0.15, 0.2) is 42.5 Å². The van der Waals surface area contributed by atoms with Crippen LogP contribution in [0.4, 0.5) is 11.4 Å². The molecular formula is C18H15Cl2N3O2. The number of anilines is 2. The first-order valence-electron chi connectivity index (χ1n) is 7.33. The summed E-state index contributed by atoms with van der Waals surface area (Å²) in [6.07, 6.45) is 0. The van der Waals surface area contributed by atoms with Crippen LogP contribution >= 0.6 is 23.2 Å².